The second-order valence-electron chi connectivity index (χ2n) is 8.94. The van der Waals surface area contributed by atoms with Gasteiger partial charge in [-0.05, 0) is 79.9 Å². The standard InChI is InChI=1S/C31H36ClNO7.ClH/c1-3-37-30(35)20-39-26-12-8-22(9-13-26)28(16-17-33-19-29(34)24-6-5-7-25(32)18-24)23-10-14-27(15-11-23)40-21-31(36)38-4-2;/h5-15,18,28-29,33-34H,3-4,16-17,19-21H2,1-2H3;1H/t29-;/m0./s1. The molecule has 222 valence electrons. The van der Waals surface area contributed by atoms with Crippen molar-refractivity contribution >= 4 is 35.9 Å². The molecule has 0 saturated carbocycles. The van der Waals surface area contributed by atoms with Crippen LogP contribution in [0.2, 0.25) is 5.02 Å². The number of hydrogen-bond donors (Lipinski definition) is 2. The second-order valence-corrected chi connectivity index (χ2v) is 9.38. The molecule has 2 N–H and O–H groups in total. The predicted octanol–water partition coefficient (Wildman–Crippen LogP) is 5.49. The fourth-order valence-corrected chi connectivity index (χ4v) is 4.32. The normalized spacial score (nSPS) is 11.3. The zero-order valence-electron chi connectivity index (χ0n) is 23.2. The number of aliphatic hydroxyl groups excluding tert-OH is 1. The molecule has 1 atom stereocenters. The molecule has 0 saturated heterocycles. The van der Waals surface area contributed by atoms with Gasteiger partial charge in [0.05, 0.1) is 19.3 Å². The van der Waals surface area contributed by atoms with E-state index in [9.17, 15) is 14.7 Å². The number of esters is 2. The van der Waals surface area contributed by atoms with Crippen molar-refractivity contribution in [2.24, 2.45) is 0 Å². The number of rotatable bonds is 16. The van der Waals surface area contributed by atoms with Gasteiger partial charge in [-0.1, -0.05) is 48.0 Å². The van der Waals surface area contributed by atoms with E-state index in [0.29, 0.717) is 42.8 Å². The quantitative estimate of drug-likeness (QED) is 0.163. The molecule has 10 heteroatoms. The van der Waals surface area contributed by atoms with Crippen molar-refractivity contribution in [3.63, 3.8) is 0 Å². The molecule has 0 aliphatic rings. The monoisotopic (exact) mass is 605 g/mol. The van der Waals surface area contributed by atoms with Crippen LogP contribution in [0.4, 0.5) is 0 Å². The highest BCUT2D eigenvalue weighted by atomic mass is 35.5. The van der Waals surface area contributed by atoms with Crippen molar-refractivity contribution in [3.05, 3.63) is 94.5 Å². The molecule has 0 fully saturated rings. The summed E-state index contributed by atoms with van der Waals surface area (Å²) in [5, 5.41) is 14.5. The summed E-state index contributed by atoms with van der Waals surface area (Å²) in [5.41, 5.74) is 2.87. The number of benzene rings is 3. The van der Waals surface area contributed by atoms with Crippen molar-refractivity contribution in [2.75, 3.05) is 39.5 Å². The van der Waals surface area contributed by atoms with Gasteiger partial charge in [0.2, 0.25) is 0 Å². The minimum atomic E-state index is -0.677. The molecule has 3 rings (SSSR count). The first-order valence-corrected chi connectivity index (χ1v) is 13.7. The summed E-state index contributed by atoms with van der Waals surface area (Å²) in [6.45, 7) is 4.83. The third-order valence-electron chi connectivity index (χ3n) is 6.07. The summed E-state index contributed by atoms with van der Waals surface area (Å²) in [6.07, 6.45) is 0.0673. The number of ether oxygens (including phenoxy) is 4. The Bertz CT molecular complexity index is 1140. The third kappa shape index (κ3) is 11.6. The number of nitrogens with one attached hydrogen (secondary N) is 1. The third-order valence-corrected chi connectivity index (χ3v) is 6.30. The van der Waals surface area contributed by atoms with Gasteiger partial charge in [0.15, 0.2) is 13.2 Å². The fraction of sp³-hybridized carbons (Fsp3) is 0.355. The van der Waals surface area contributed by atoms with Crippen LogP contribution in [0.5, 0.6) is 11.5 Å². The SMILES string of the molecule is CCOC(=O)COc1ccc(C(CCNC[C@H](O)c2cccc(Cl)c2)c2ccc(OCC(=O)OCC)cc2)cc1.Cl. The van der Waals surface area contributed by atoms with Gasteiger partial charge in [0.25, 0.3) is 0 Å². The van der Waals surface area contributed by atoms with Gasteiger partial charge in [-0.3, -0.25) is 0 Å². The number of carbonyl (C=O) groups is 2. The van der Waals surface area contributed by atoms with Crippen LogP contribution < -0.4 is 14.8 Å². The topological polar surface area (TPSA) is 103 Å². The average Bonchev–Trinajstić information content (AvgIpc) is 2.96. The average molecular weight is 607 g/mol. The molecule has 3 aromatic carbocycles. The predicted molar refractivity (Wildman–Crippen MR) is 160 cm³/mol. The Hall–Kier alpha value is -3.30. The molecule has 0 bridgehead atoms. The van der Waals surface area contributed by atoms with Crippen LogP contribution in [0, 0.1) is 0 Å². The van der Waals surface area contributed by atoms with E-state index in [4.69, 9.17) is 30.5 Å². The van der Waals surface area contributed by atoms with E-state index in [1.807, 2.05) is 60.7 Å². The van der Waals surface area contributed by atoms with E-state index in [1.54, 1.807) is 26.0 Å². The fourth-order valence-electron chi connectivity index (χ4n) is 4.13. The van der Waals surface area contributed by atoms with Crippen LogP contribution >= 0.6 is 24.0 Å². The van der Waals surface area contributed by atoms with E-state index in [-0.39, 0.29) is 31.5 Å². The molecule has 0 unspecified atom stereocenters. The van der Waals surface area contributed by atoms with Crippen molar-refractivity contribution in [1.82, 2.24) is 5.32 Å². The van der Waals surface area contributed by atoms with Crippen LogP contribution in [0.15, 0.2) is 72.8 Å². The van der Waals surface area contributed by atoms with Crippen LogP contribution in [0.1, 0.15) is 49.0 Å². The minimum Gasteiger partial charge on any atom is -0.482 e. The highest BCUT2D eigenvalue weighted by Gasteiger charge is 2.16. The van der Waals surface area contributed by atoms with Gasteiger partial charge in [-0.25, -0.2) is 9.59 Å². The molecule has 0 aliphatic heterocycles. The first-order chi connectivity index (χ1) is 19.4. The summed E-state index contributed by atoms with van der Waals surface area (Å²) < 4.78 is 20.9. The van der Waals surface area contributed by atoms with E-state index >= 15 is 0 Å². The Morgan fingerprint density at radius 3 is 1.78 bits per heavy atom. The summed E-state index contributed by atoms with van der Waals surface area (Å²) in [5.74, 6) is 0.331. The molecule has 0 aliphatic carbocycles. The van der Waals surface area contributed by atoms with Crippen molar-refractivity contribution in [2.45, 2.75) is 32.3 Å². The summed E-state index contributed by atoms with van der Waals surface area (Å²) >= 11 is 6.05. The van der Waals surface area contributed by atoms with Crippen molar-refractivity contribution in [3.8, 4) is 11.5 Å². The highest BCUT2D eigenvalue weighted by molar-refractivity contribution is 6.30. The van der Waals surface area contributed by atoms with E-state index in [1.165, 1.54) is 0 Å². The largest absolute Gasteiger partial charge is 0.482 e. The van der Waals surface area contributed by atoms with Crippen LogP contribution in [0.3, 0.4) is 0 Å². The van der Waals surface area contributed by atoms with E-state index in [2.05, 4.69) is 5.32 Å². The zero-order chi connectivity index (χ0) is 28.7. The number of hydrogen-bond acceptors (Lipinski definition) is 8. The minimum absolute atomic E-state index is 0. The summed E-state index contributed by atoms with van der Waals surface area (Å²) in [4.78, 5) is 23.2. The van der Waals surface area contributed by atoms with Crippen LogP contribution in [-0.2, 0) is 19.1 Å². The van der Waals surface area contributed by atoms with Gasteiger partial charge in [-0.2, -0.15) is 0 Å². The maximum Gasteiger partial charge on any atom is 0.344 e. The maximum atomic E-state index is 11.6. The Morgan fingerprint density at radius 1 is 0.805 bits per heavy atom. The molecule has 0 amide bonds. The van der Waals surface area contributed by atoms with Gasteiger partial charge < -0.3 is 29.4 Å². The highest BCUT2D eigenvalue weighted by Crippen LogP contribution is 2.30. The molecular weight excluding hydrogens is 569 g/mol. The van der Waals surface area contributed by atoms with Gasteiger partial charge in [-0.15, -0.1) is 12.4 Å². The molecule has 0 heterocycles. The van der Waals surface area contributed by atoms with E-state index in [0.717, 1.165) is 23.1 Å². The van der Waals surface area contributed by atoms with E-state index < -0.39 is 18.0 Å². The molecule has 0 spiro atoms. The summed E-state index contributed by atoms with van der Waals surface area (Å²) in [6, 6.07) is 22.4. The Balaban J connectivity index is 0.00000588. The number of carbonyl (C=O) groups excluding carboxylic acids is 2. The second kappa shape index (κ2) is 18.2. The smallest absolute Gasteiger partial charge is 0.344 e. The van der Waals surface area contributed by atoms with Gasteiger partial charge in [0, 0.05) is 17.5 Å². The number of aliphatic hydroxyl groups is 1. The molecule has 0 aromatic heterocycles. The molecule has 41 heavy (non-hydrogen) atoms. The number of halogens is 2. The first kappa shape index (κ1) is 33.9. The Kier molecular flexibility index (Phi) is 15.0. The maximum absolute atomic E-state index is 11.6. The Morgan fingerprint density at radius 2 is 1.32 bits per heavy atom. The first-order valence-electron chi connectivity index (χ1n) is 13.3. The zero-order valence-corrected chi connectivity index (χ0v) is 24.8. The molecular formula is C31H37Cl2NO7. The van der Waals surface area contributed by atoms with Crippen LogP contribution in [-0.4, -0.2) is 56.6 Å². The van der Waals surface area contributed by atoms with Crippen molar-refractivity contribution < 1.29 is 33.6 Å². The molecule has 3 aromatic rings. The summed E-state index contributed by atoms with van der Waals surface area (Å²) in [7, 11) is 0. The van der Waals surface area contributed by atoms with Crippen LogP contribution in [0.25, 0.3) is 0 Å². The lowest BCUT2D eigenvalue weighted by Gasteiger charge is -2.20. The lowest BCUT2D eigenvalue weighted by atomic mass is 9.88. The Labute approximate surface area is 252 Å². The van der Waals surface area contributed by atoms with Crippen molar-refractivity contribution in [1.29, 1.82) is 0 Å². The lowest BCUT2D eigenvalue weighted by molar-refractivity contribution is -0.146. The lowest BCUT2D eigenvalue weighted by Crippen LogP contribution is -2.24. The van der Waals surface area contributed by atoms with Gasteiger partial charge in [0.1, 0.15) is 11.5 Å². The molecule has 8 nitrogen and oxygen atoms in total. The molecule has 0 radical (unpaired) electrons. The van der Waals surface area contributed by atoms with Gasteiger partial charge >= 0.3 is 11.9 Å².